The zero-order valence-corrected chi connectivity index (χ0v) is 18.5. The van der Waals surface area contributed by atoms with E-state index in [0.29, 0.717) is 0 Å². The average molecular weight is 391 g/mol. The van der Waals surface area contributed by atoms with Crippen molar-refractivity contribution in [3.8, 4) is 0 Å². The zero-order valence-electron chi connectivity index (χ0n) is 14.8. The number of rotatable bonds is 13. The Bertz CT molecular complexity index is 248. The predicted octanol–water partition coefficient (Wildman–Crippen LogP) is 2.90. The summed E-state index contributed by atoms with van der Waals surface area (Å²) in [4.78, 5) is 0. The lowest BCUT2D eigenvalue weighted by Gasteiger charge is -2.31. The number of hydrogen-bond acceptors (Lipinski definition) is 8. The summed E-state index contributed by atoms with van der Waals surface area (Å²) in [6.45, 7) is 4.19. The third kappa shape index (κ3) is 5.76. The second-order valence-corrected chi connectivity index (χ2v) is 14.2. The Labute approximate surface area is 145 Å². The summed E-state index contributed by atoms with van der Waals surface area (Å²) in [6.07, 6.45) is 0. The Balaban J connectivity index is 4.32. The van der Waals surface area contributed by atoms with E-state index >= 15 is 0 Å². The Hall–Kier alpha value is 0.894. The van der Waals surface area contributed by atoms with Crippen molar-refractivity contribution >= 4 is 39.2 Å². The van der Waals surface area contributed by atoms with E-state index in [-0.39, 0.29) is 11.1 Å². The minimum atomic E-state index is -2.55. The maximum Gasteiger partial charge on any atom is 0.504 e. The lowest BCUT2D eigenvalue weighted by molar-refractivity contribution is 0.115. The van der Waals surface area contributed by atoms with Crippen LogP contribution in [0, 0.1) is 0 Å². The maximum atomic E-state index is 5.50. The van der Waals surface area contributed by atoms with Crippen LogP contribution >= 0.6 is 21.6 Å². The van der Waals surface area contributed by atoms with E-state index in [2.05, 4.69) is 13.8 Å². The molecule has 0 bridgehead atoms. The smallest absolute Gasteiger partial charge is 0.377 e. The predicted molar refractivity (Wildman–Crippen MR) is 97.3 cm³/mol. The van der Waals surface area contributed by atoms with Crippen molar-refractivity contribution in [3.05, 3.63) is 0 Å². The van der Waals surface area contributed by atoms with Gasteiger partial charge in [-0.2, -0.15) is 0 Å². The monoisotopic (exact) mass is 390 g/mol. The van der Waals surface area contributed by atoms with Gasteiger partial charge in [0.1, 0.15) is 0 Å². The standard InChI is InChI=1S/C12H30O6S2Si2/c1-11(21(13-3,14-4)15-5)9-19-20-10-12(2)22(16-6,17-7)18-8/h11-12H,9-10H2,1-8H3. The van der Waals surface area contributed by atoms with Crippen LogP contribution in [0.2, 0.25) is 11.1 Å². The summed E-state index contributed by atoms with van der Waals surface area (Å²) in [7, 11) is 8.31. The summed E-state index contributed by atoms with van der Waals surface area (Å²) in [5, 5.41) is 0. The normalized spacial score (nSPS) is 15.8. The molecular weight excluding hydrogens is 360 g/mol. The van der Waals surface area contributed by atoms with Gasteiger partial charge in [0, 0.05) is 65.2 Å². The maximum absolute atomic E-state index is 5.50. The van der Waals surface area contributed by atoms with Crippen LogP contribution in [0.5, 0.6) is 0 Å². The third-order valence-corrected chi connectivity index (χ3v) is 13.2. The van der Waals surface area contributed by atoms with Crippen LogP contribution in [0.25, 0.3) is 0 Å². The van der Waals surface area contributed by atoms with E-state index in [1.165, 1.54) is 0 Å². The molecule has 2 unspecified atom stereocenters. The van der Waals surface area contributed by atoms with Gasteiger partial charge in [0.25, 0.3) is 0 Å². The van der Waals surface area contributed by atoms with Crippen LogP contribution in [0.1, 0.15) is 13.8 Å². The Morgan fingerprint density at radius 2 is 0.818 bits per heavy atom. The highest BCUT2D eigenvalue weighted by Gasteiger charge is 2.46. The molecule has 0 heterocycles. The highest BCUT2D eigenvalue weighted by Crippen LogP contribution is 2.36. The average Bonchev–Trinajstić information content (AvgIpc) is 2.56. The quantitative estimate of drug-likeness (QED) is 0.270. The minimum Gasteiger partial charge on any atom is -0.377 e. The molecule has 0 N–H and O–H groups in total. The minimum absolute atomic E-state index is 0.217. The van der Waals surface area contributed by atoms with E-state index in [4.69, 9.17) is 26.6 Å². The summed E-state index contributed by atoms with van der Waals surface area (Å²) < 4.78 is 33.0. The van der Waals surface area contributed by atoms with Crippen molar-refractivity contribution in [2.75, 3.05) is 54.2 Å². The molecule has 0 aromatic carbocycles. The van der Waals surface area contributed by atoms with Gasteiger partial charge in [-0.15, -0.1) is 0 Å². The lowest BCUT2D eigenvalue weighted by atomic mass is 10.6. The van der Waals surface area contributed by atoms with E-state index in [0.717, 1.165) is 11.5 Å². The first-order valence-corrected chi connectivity index (χ1v) is 13.1. The molecule has 0 aromatic heterocycles. The van der Waals surface area contributed by atoms with Crippen molar-refractivity contribution < 1.29 is 26.6 Å². The molecule has 0 aliphatic heterocycles. The van der Waals surface area contributed by atoms with Gasteiger partial charge >= 0.3 is 17.6 Å². The van der Waals surface area contributed by atoms with E-state index in [9.17, 15) is 0 Å². The summed E-state index contributed by atoms with van der Waals surface area (Å²) in [5.41, 5.74) is 0.434. The highest BCUT2D eigenvalue weighted by molar-refractivity contribution is 8.76. The fourth-order valence-electron chi connectivity index (χ4n) is 2.21. The molecular formula is C12H30O6S2Si2. The van der Waals surface area contributed by atoms with Gasteiger partial charge in [-0.25, -0.2) is 0 Å². The van der Waals surface area contributed by atoms with Gasteiger partial charge in [0.05, 0.1) is 0 Å². The second kappa shape index (κ2) is 11.4. The molecule has 0 saturated carbocycles. The van der Waals surface area contributed by atoms with E-state index in [1.807, 2.05) is 0 Å². The first-order valence-electron chi connectivity index (χ1n) is 6.97. The van der Waals surface area contributed by atoms with Crippen LogP contribution in [0.4, 0.5) is 0 Å². The fraction of sp³-hybridized carbons (Fsp3) is 1.00. The number of hydrogen-bond donors (Lipinski definition) is 0. The largest absolute Gasteiger partial charge is 0.504 e. The van der Waals surface area contributed by atoms with Crippen LogP contribution in [0.3, 0.4) is 0 Å². The Morgan fingerprint density at radius 3 is 1.00 bits per heavy atom. The van der Waals surface area contributed by atoms with E-state index < -0.39 is 17.6 Å². The molecule has 0 aromatic rings. The van der Waals surface area contributed by atoms with Crippen molar-refractivity contribution in [3.63, 3.8) is 0 Å². The van der Waals surface area contributed by atoms with Gasteiger partial charge in [-0.05, 0) is 0 Å². The molecule has 0 rings (SSSR count). The Morgan fingerprint density at radius 1 is 0.591 bits per heavy atom. The van der Waals surface area contributed by atoms with Crippen LogP contribution in [-0.2, 0) is 26.6 Å². The molecule has 0 fully saturated rings. The molecule has 0 saturated heterocycles. The van der Waals surface area contributed by atoms with Gasteiger partial charge in [0.15, 0.2) is 0 Å². The van der Waals surface area contributed by atoms with Gasteiger partial charge in [-0.1, -0.05) is 35.4 Å². The zero-order chi connectivity index (χ0) is 17.2. The molecule has 0 aliphatic carbocycles. The highest BCUT2D eigenvalue weighted by atomic mass is 33.1. The first-order chi connectivity index (χ1) is 10.4. The van der Waals surface area contributed by atoms with Crippen molar-refractivity contribution in [2.45, 2.75) is 24.9 Å². The van der Waals surface area contributed by atoms with Crippen LogP contribution in [0.15, 0.2) is 0 Å². The van der Waals surface area contributed by atoms with Crippen molar-refractivity contribution in [2.24, 2.45) is 0 Å². The molecule has 0 aliphatic rings. The molecule has 0 amide bonds. The van der Waals surface area contributed by atoms with Crippen molar-refractivity contribution in [1.82, 2.24) is 0 Å². The van der Waals surface area contributed by atoms with Crippen LogP contribution in [-0.4, -0.2) is 71.8 Å². The molecule has 10 heteroatoms. The molecule has 134 valence electrons. The van der Waals surface area contributed by atoms with Crippen LogP contribution < -0.4 is 0 Å². The molecule has 0 radical (unpaired) electrons. The molecule has 0 spiro atoms. The Kier molecular flexibility index (Phi) is 11.9. The molecule has 2 atom stereocenters. The topological polar surface area (TPSA) is 55.4 Å². The van der Waals surface area contributed by atoms with Gasteiger partial charge in [-0.3, -0.25) is 0 Å². The molecule has 6 nitrogen and oxygen atoms in total. The summed E-state index contributed by atoms with van der Waals surface area (Å²) >= 11 is 0. The second-order valence-electron chi connectivity index (χ2n) is 4.80. The summed E-state index contributed by atoms with van der Waals surface area (Å²) in [5.74, 6) is 1.78. The summed E-state index contributed by atoms with van der Waals surface area (Å²) in [6, 6.07) is 0. The molecule has 22 heavy (non-hydrogen) atoms. The van der Waals surface area contributed by atoms with Gasteiger partial charge < -0.3 is 26.6 Å². The SMILES string of the molecule is CO[Si](OC)(OC)C(C)CSSCC(C)[Si](OC)(OC)OC. The van der Waals surface area contributed by atoms with E-state index in [1.54, 1.807) is 64.2 Å². The first kappa shape index (κ1) is 22.9. The van der Waals surface area contributed by atoms with Gasteiger partial charge in [0.2, 0.25) is 0 Å². The third-order valence-electron chi connectivity index (χ3n) is 3.63. The van der Waals surface area contributed by atoms with Crippen molar-refractivity contribution in [1.29, 1.82) is 0 Å². The fourth-order valence-corrected chi connectivity index (χ4v) is 10.9. The lowest BCUT2D eigenvalue weighted by Crippen LogP contribution is -2.47.